The van der Waals surface area contributed by atoms with Gasteiger partial charge in [-0.1, -0.05) is 0 Å². The standard InChI is InChI=1S/C6H10N4O3S/c1-4-5(2-8-10-4)14(12,13)9-3-6(7)11/h2,9H,3H2,1H3,(H2,7,11)(H,8,10). The number of nitrogens with two attached hydrogens (primary N) is 1. The molecule has 1 aromatic rings. The molecule has 4 N–H and O–H groups in total. The van der Waals surface area contributed by atoms with Crippen LogP contribution in [0, 0.1) is 6.92 Å². The minimum absolute atomic E-state index is 0.0127. The van der Waals surface area contributed by atoms with E-state index in [1.807, 2.05) is 4.72 Å². The summed E-state index contributed by atoms with van der Waals surface area (Å²) in [6.45, 7) is 1.14. The van der Waals surface area contributed by atoms with Crippen LogP contribution >= 0.6 is 0 Å². The van der Waals surface area contributed by atoms with Crippen LogP contribution < -0.4 is 10.5 Å². The second kappa shape index (κ2) is 3.76. The second-order valence-electron chi connectivity index (χ2n) is 2.65. The van der Waals surface area contributed by atoms with Gasteiger partial charge in [-0.05, 0) is 6.92 Å². The Kier molecular flexibility index (Phi) is 2.87. The maximum absolute atomic E-state index is 11.4. The zero-order valence-electron chi connectivity index (χ0n) is 7.44. The molecule has 0 aromatic carbocycles. The van der Waals surface area contributed by atoms with Gasteiger partial charge in [0.1, 0.15) is 4.90 Å². The van der Waals surface area contributed by atoms with E-state index in [-0.39, 0.29) is 4.90 Å². The minimum atomic E-state index is -3.69. The molecule has 7 nitrogen and oxygen atoms in total. The number of nitrogens with one attached hydrogen (secondary N) is 2. The van der Waals surface area contributed by atoms with E-state index in [1.54, 1.807) is 6.92 Å². The Labute approximate surface area is 80.7 Å². The molecule has 78 valence electrons. The van der Waals surface area contributed by atoms with Crippen molar-refractivity contribution in [3.05, 3.63) is 11.9 Å². The Morgan fingerprint density at radius 1 is 1.71 bits per heavy atom. The number of aromatic amines is 1. The first-order chi connectivity index (χ1) is 6.43. The SMILES string of the molecule is Cc1[nH]ncc1S(=O)(=O)NCC(N)=O. The van der Waals surface area contributed by atoms with Crippen LogP contribution in [0.15, 0.2) is 11.1 Å². The lowest BCUT2D eigenvalue weighted by Gasteiger charge is -2.02. The van der Waals surface area contributed by atoms with Crippen LogP contribution in [-0.4, -0.2) is 31.1 Å². The summed E-state index contributed by atoms with van der Waals surface area (Å²) in [5.74, 6) is -0.741. The molecule has 0 aliphatic carbocycles. The van der Waals surface area contributed by atoms with Gasteiger partial charge < -0.3 is 5.73 Å². The summed E-state index contributed by atoms with van der Waals surface area (Å²) >= 11 is 0. The highest BCUT2D eigenvalue weighted by atomic mass is 32.2. The quantitative estimate of drug-likeness (QED) is 0.568. The normalized spacial score (nSPS) is 11.5. The van der Waals surface area contributed by atoms with E-state index in [2.05, 4.69) is 10.2 Å². The van der Waals surface area contributed by atoms with E-state index in [4.69, 9.17) is 5.73 Å². The summed E-state index contributed by atoms with van der Waals surface area (Å²) in [4.78, 5) is 10.4. The van der Waals surface area contributed by atoms with Crippen molar-refractivity contribution >= 4 is 15.9 Å². The number of primary amides is 1. The number of amides is 1. The molecule has 1 heterocycles. The minimum Gasteiger partial charge on any atom is -0.369 e. The molecule has 0 saturated carbocycles. The smallest absolute Gasteiger partial charge is 0.244 e. The van der Waals surface area contributed by atoms with Crippen LogP contribution in [0.2, 0.25) is 0 Å². The Hall–Kier alpha value is -1.41. The molecule has 0 spiro atoms. The molecule has 0 atom stereocenters. The van der Waals surface area contributed by atoms with Crippen molar-refractivity contribution < 1.29 is 13.2 Å². The second-order valence-corrected chi connectivity index (χ2v) is 4.39. The number of sulfonamides is 1. The predicted octanol–water partition coefficient (Wildman–Crippen LogP) is -1.52. The van der Waals surface area contributed by atoms with Crippen molar-refractivity contribution in [3.8, 4) is 0 Å². The van der Waals surface area contributed by atoms with Crippen LogP contribution in [0.3, 0.4) is 0 Å². The van der Waals surface area contributed by atoms with E-state index in [9.17, 15) is 13.2 Å². The highest BCUT2D eigenvalue weighted by Crippen LogP contribution is 2.09. The summed E-state index contributed by atoms with van der Waals surface area (Å²) in [5.41, 5.74) is 5.21. The molecule has 8 heteroatoms. The molecule has 1 aromatic heterocycles. The molecule has 0 radical (unpaired) electrons. The van der Waals surface area contributed by atoms with Crippen molar-refractivity contribution in [1.82, 2.24) is 14.9 Å². The lowest BCUT2D eigenvalue weighted by Crippen LogP contribution is -2.33. The van der Waals surface area contributed by atoms with E-state index in [0.29, 0.717) is 5.69 Å². The number of nitrogens with zero attached hydrogens (tertiary/aromatic N) is 1. The first-order valence-corrected chi connectivity index (χ1v) is 5.20. The molecular formula is C6H10N4O3S. The number of hydrogen-bond acceptors (Lipinski definition) is 4. The summed E-state index contributed by atoms with van der Waals surface area (Å²) in [6.07, 6.45) is 1.17. The van der Waals surface area contributed by atoms with Crippen molar-refractivity contribution in [2.75, 3.05) is 6.54 Å². The number of hydrogen-bond donors (Lipinski definition) is 3. The average Bonchev–Trinajstić information content (AvgIpc) is 2.48. The molecule has 0 unspecified atom stereocenters. The first-order valence-electron chi connectivity index (χ1n) is 3.71. The Balaban J connectivity index is 2.87. The highest BCUT2D eigenvalue weighted by Gasteiger charge is 2.18. The Bertz CT molecular complexity index is 436. The maximum atomic E-state index is 11.4. The number of H-pyrrole nitrogens is 1. The first kappa shape index (κ1) is 10.7. The summed E-state index contributed by atoms with van der Waals surface area (Å²) in [6, 6.07) is 0. The largest absolute Gasteiger partial charge is 0.369 e. The summed E-state index contributed by atoms with van der Waals surface area (Å²) in [5, 5.41) is 6.03. The fraction of sp³-hybridized carbons (Fsp3) is 0.333. The number of carbonyl (C=O) groups excluding carboxylic acids is 1. The molecule has 0 aliphatic heterocycles. The number of carbonyl (C=O) groups is 1. The van der Waals surface area contributed by atoms with Gasteiger partial charge in [0.25, 0.3) is 0 Å². The van der Waals surface area contributed by atoms with Crippen molar-refractivity contribution in [3.63, 3.8) is 0 Å². The molecule has 14 heavy (non-hydrogen) atoms. The zero-order chi connectivity index (χ0) is 10.8. The van der Waals surface area contributed by atoms with Gasteiger partial charge in [0.05, 0.1) is 18.4 Å². The van der Waals surface area contributed by atoms with Crippen LogP contribution in [0.5, 0.6) is 0 Å². The Morgan fingerprint density at radius 3 is 2.79 bits per heavy atom. The Morgan fingerprint density at radius 2 is 2.36 bits per heavy atom. The van der Waals surface area contributed by atoms with Crippen molar-refractivity contribution in [2.45, 2.75) is 11.8 Å². The fourth-order valence-electron chi connectivity index (χ4n) is 0.854. The number of rotatable bonds is 4. The van der Waals surface area contributed by atoms with E-state index in [0.717, 1.165) is 0 Å². The topological polar surface area (TPSA) is 118 Å². The molecule has 1 rings (SSSR count). The predicted molar refractivity (Wildman–Crippen MR) is 47.7 cm³/mol. The van der Waals surface area contributed by atoms with Crippen LogP contribution in [0.25, 0.3) is 0 Å². The van der Waals surface area contributed by atoms with Crippen LogP contribution in [-0.2, 0) is 14.8 Å². The average molecular weight is 218 g/mol. The third-order valence-electron chi connectivity index (χ3n) is 1.51. The third-order valence-corrected chi connectivity index (χ3v) is 3.02. The lowest BCUT2D eigenvalue weighted by atomic mass is 10.5. The van der Waals surface area contributed by atoms with E-state index >= 15 is 0 Å². The molecule has 0 aliphatic rings. The molecular weight excluding hydrogens is 208 g/mol. The van der Waals surface area contributed by atoms with Gasteiger partial charge in [0.15, 0.2) is 0 Å². The van der Waals surface area contributed by atoms with Gasteiger partial charge in [-0.15, -0.1) is 0 Å². The van der Waals surface area contributed by atoms with Gasteiger partial charge in [-0.3, -0.25) is 9.89 Å². The van der Waals surface area contributed by atoms with Crippen LogP contribution in [0.1, 0.15) is 5.69 Å². The third kappa shape index (κ3) is 2.30. The molecule has 0 saturated heterocycles. The van der Waals surface area contributed by atoms with Crippen molar-refractivity contribution in [2.24, 2.45) is 5.73 Å². The zero-order valence-corrected chi connectivity index (χ0v) is 8.26. The van der Waals surface area contributed by atoms with Crippen LogP contribution in [0.4, 0.5) is 0 Å². The lowest BCUT2D eigenvalue weighted by molar-refractivity contribution is -0.116. The molecule has 0 bridgehead atoms. The number of aryl methyl sites for hydroxylation is 1. The molecule has 0 fully saturated rings. The fourth-order valence-corrected chi connectivity index (χ4v) is 1.98. The van der Waals surface area contributed by atoms with Gasteiger partial charge in [0, 0.05) is 0 Å². The summed E-state index contributed by atoms with van der Waals surface area (Å²) < 4.78 is 24.9. The monoisotopic (exact) mass is 218 g/mol. The van der Waals surface area contributed by atoms with Gasteiger partial charge in [-0.2, -0.15) is 5.10 Å². The van der Waals surface area contributed by atoms with Gasteiger partial charge in [0.2, 0.25) is 15.9 Å². The van der Waals surface area contributed by atoms with Gasteiger partial charge >= 0.3 is 0 Å². The number of aromatic nitrogens is 2. The van der Waals surface area contributed by atoms with E-state index < -0.39 is 22.5 Å². The van der Waals surface area contributed by atoms with Crippen molar-refractivity contribution in [1.29, 1.82) is 0 Å². The van der Waals surface area contributed by atoms with Gasteiger partial charge in [-0.25, -0.2) is 13.1 Å². The molecule has 1 amide bonds. The maximum Gasteiger partial charge on any atom is 0.244 e. The van der Waals surface area contributed by atoms with E-state index in [1.165, 1.54) is 6.20 Å². The highest BCUT2D eigenvalue weighted by molar-refractivity contribution is 7.89. The summed E-state index contributed by atoms with van der Waals surface area (Å²) in [7, 11) is -3.69.